The zero-order chi connectivity index (χ0) is 14.8. The maximum atomic E-state index is 13.6. The van der Waals surface area contributed by atoms with E-state index in [1.54, 1.807) is 0 Å². The van der Waals surface area contributed by atoms with Crippen molar-refractivity contribution in [3.05, 3.63) is 35.1 Å². The van der Waals surface area contributed by atoms with Crippen LogP contribution in [0.2, 0.25) is 0 Å². The summed E-state index contributed by atoms with van der Waals surface area (Å²) in [7, 11) is -3.10. The standard InChI is InChI=1S/C15H22FNO2S/c1-3-17-15(12-8-11(2)9-13(16)10-12)14-6-4-5-7-20(14,18)19/h8-10,14-15,17H,3-7H2,1-2H3. The van der Waals surface area contributed by atoms with E-state index < -0.39 is 15.1 Å². The first-order chi connectivity index (χ1) is 9.44. The van der Waals surface area contributed by atoms with Gasteiger partial charge in [-0.3, -0.25) is 0 Å². The smallest absolute Gasteiger partial charge is 0.155 e. The molecule has 3 nitrogen and oxygen atoms in total. The van der Waals surface area contributed by atoms with Crippen LogP contribution in [0.1, 0.15) is 43.4 Å². The summed E-state index contributed by atoms with van der Waals surface area (Å²) >= 11 is 0. The third kappa shape index (κ3) is 3.38. The van der Waals surface area contributed by atoms with Crippen molar-refractivity contribution in [1.29, 1.82) is 0 Å². The first kappa shape index (κ1) is 15.4. The van der Waals surface area contributed by atoms with Crippen LogP contribution in [0.4, 0.5) is 4.39 Å². The highest BCUT2D eigenvalue weighted by molar-refractivity contribution is 7.92. The fourth-order valence-corrected chi connectivity index (χ4v) is 5.08. The van der Waals surface area contributed by atoms with Gasteiger partial charge in [-0.25, -0.2) is 12.8 Å². The van der Waals surface area contributed by atoms with Crippen LogP contribution in [0.15, 0.2) is 18.2 Å². The Morgan fingerprint density at radius 3 is 2.70 bits per heavy atom. The van der Waals surface area contributed by atoms with E-state index in [1.807, 2.05) is 19.9 Å². The molecule has 1 aromatic carbocycles. The van der Waals surface area contributed by atoms with Crippen molar-refractivity contribution >= 4 is 9.84 Å². The molecule has 5 heteroatoms. The Labute approximate surface area is 120 Å². The van der Waals surface area contributed by atoms with Crippen LogP contribution in [0, 0.1) is 12.7 Å². The number of hydrogen-bond donors (Lipinski definition) is 1. The Kier molecular flexibility index (Phi) is 4.81. The Morgan fingerprint density at radius 2 is 2.10 bits per heavy atom. The van der Waals surface area contributed by atoms with Crippen molar-refractivity contribution in [2.24, 2.45) is 0 Å². The third-order valence-corrected chi connectivity index (χ3v) is 6.14. The van der Waals surface area contributed by atoms with E-state index in [1.165, 1.54) is 12.1 Å². The summed E-state index contributed by atoms with van der Waals surface area (Å²) in [6.45, 7) is 4.42. The average molecular weight is 299 g/mol. The average Bonchev–Trinajstić information content (AvgIpc) is 2.35. The molecule has 1 aliphatic rings. The molecular formula is C15H22FNO2S. The van der Waals surface area contributed by atoms with E-state index in [2.05, 4.69) is 5.32 Å². The Bertz CT molecular complexity index is 551. The minimum Gasteiger partial charge on any atom is -0.309 e. The molecule has 0 bridgehead atoms. The fourth-order valence-electron chi connectivity index (χ4n) is 2.98. The zero-order valence-electron chi connectivity index (χ0n) is 12.0. The predicted octanol–water partition coefficient (Wildman–Crippen LogP) is 2.75. The van der Waals surface area contributed by atoms with Gasteiger partial charge in [0.05, 0.1) is 11.0 Å². The monoisotopic (exact) mass is 299 g/mol. The summed E-state index contributed by atoms with van der Waals surface area (Å²) in [6.07, 6.45) is 2.30. The normalized spacial score (nSPS) is 23.4. The number of halogens is 1. The molecule has 112 valence electrons. The van der Waals surface area contributed by atoms with Gasteiger partial charge in [-0.2, -0.15) is 0 Å². The molecule has 2 unspecified atom stereocenters. The number of sulfone groups is 1. The molecule has 2 rings (SSSR count). The molecule has 2 atom stereocenters. The largest absolute Gasteiger partial charge is 0.309 e. The molecule has 0 aromatic heterocycles. The van der Waals surface area contributed by atoms with Crippen LogP contribution in [-0.2, 0) is 9.84 Å². The summed E-state index contributed by atoms with van der Waals surface area (Å²) < 4.78 is 38.2. The molecular weight excluding hydrogens is 277 g/mol. The summed E-state index contributed by atoms with van der Waals surface area (Å²) in [5.41, 5.74) is 1.55. The predicted molar refractivity (Wildman–Crippen MR) is 79.0 cm³/mol. The topological polar surface area (TPSA) is 46.2 Å². The van der Waals surface area contributed by atoms with Crippen LogP contribution in [-0.4, -0.2) is 26.0 Å². The van der Waals surface area contributed by atoms with Gasteiger partial charge in [-0.05, 0) is 49.6 Å². The number of aryl methyl sites for hydroxylation is 1. The van der Waals surface area contributed by atoms with Gasteiger partial charge in [0.15, 0.2) is 9.84 Å². The van der Waals surface area contributed by atoms with Crippen molar-refractivity contribution in [3.63, 3.8) is 0 Å². The van der Waals surface area contributed by atoms with E-state index in [9.17, 15) is 12.8 Å². The molecule has 1 fully saturated rings. The third-order valence-electron chi connectivity index (χ3n) is 3.85. The van der Waals surface area contributed by atoms with Gasteiger partial charge in [-0.1, -0.05) is 19.4 Å². The molecule has 20 heavy (non-hydrogen) atoms. The van der Waals surface area contributed by atoms with E-state index >= 15 is 0 Å². The minimum atomic E-state index is -3.10. The lowest BCUT2D eigenvalue weighted by atomic mass is 9.97. The van der Waals surface area contributed by atoms with Gasteiger partial charge in [0.1, 0.15) is 5.82 Å². The molecule has 1 aliphatic heterocycles. The van der Waals surface area contributed by atoms with Gasteiger partial charge in [-0.15, -0.1) is 0 Å². The highest BCUT2D eigenvalue weighted by atomic mass is 32.2. The zero-order valence-corrected chi connectivity index (χ0v) is 12.8. The van der Waals surface area contributed by atoms with Crippen LogP contribution in [0.25, 0.3) is 0 Å². The number of rotatable bonds is 4. The van der Waals surface area contributed by atoms with Crippen LogP contribution in [0.3, 0.4) is 0 Å². The number of hydrogen-bond acceptors (Lipinski definition) is 3. The summed E-state index contributed by atoms with van der Waals surface area (Å²) in [5, 5.41) is 2.79. The van der Waals surface area contributed by atoms with E-state index in [4.69, 9.17) is 0 Å². The van der Waals surface area contributed by atoms with Crippen molar-refractivity contribution in [3.8, 4) is 0 Å². The molecule has 1 saturated heterocycles. The molecule has 1 N–H and O–H groups in total. The first-order valence-electron chi connectivity index (χ1n) is 7.16. The number of nitrogens with one attached hydrogen (secondary N) is 1. The van der Waals surface area contributed by atoms with E-state index in [0.29, 0.717) is 13.0 Å². The molecule has 1 heterocycles. The second-order valence-electron chi connectivity index (χ2n) is 5.50. The maximum absolute atomic E-state index is 13.6. The van der Waals surface area contributed by atoms with E-state index in [-0.39, 0.29) is 17.6 Å². The highest BCUT2D eigenvalue weighted by Gasteiger charge is 2.36. The summed E-state index contributed by atoms with van der Waals surface area (Å²) in [6, 6.07) is 4.46. The van der Waals surface area contributed by atoms with Crippen molar-refractivity contribution in [2.75, 3.05) is 12.3 Å². The van der Waals surface area contributed by atoms with Gasteiger partial charge in [0.25, 0.3) is 0 Å². The Balaban J connectivity index is 2.39. The summed E-state index contributed by atoms with van der Waals surface area (Å²) in [4.78, 5) is 0. The van der Waals surface area contributed by atoms with Gasteiger partial charge >= 0.3 is 0 Å². The van der Waals surface area contributed by atoms with Gasteiger partial charge in [0.2, 0.25) is 0 Å². The molecule has 0 saturated carbocycles. The molecule has 0 spiro atoms. The van der Waals surface area contributed by atoms with Gasteiger partial charge in [0, 0.05) is 6.04 Å². The molecule has 1 aromatic rings. The fraction of sp³-hybridized carbons (Fsp3) is 0.600. The van der Waals surface area contributed by atoms with Crippen molar-refractivity contribution < 1.29 is 12.8 Å². The molecule has 0 radical (unpaired) electrons. The second-order valence-corrected chi connectivity index (χ2v) is 7.84. The van der Waals surface area contributed by atoms with Gasteiger partial charge < -0.3 is 5.32 Å². The lowest BCUT2D eigenvalue weighted by Gasteiger charge is -2.31. The SMILES string of the molecule is CCNC(c1cc(C)cc(F)c1)C1CCCCS1(=O)=O. The summed E-state index contributed by atoms with van der Waals surface area (Å²) in [5.74, 6) is -0.0652. The minimum absolute atomic E-state index is 0.244. The molecule has 0 aliphatic carbocycles. The second kappa shape index (κ2) is 6.22. The van der Waals surface area contributed by atoms with Crippen LogP contribution >= 0.6 is 0 Å². The van der Waals surface area contributed by atoms with Crippen molar-refractivity contribution in [2.45, 2.75) is 44.4 Å². The maximum Gasteiger partial charge on any atom is 0.155 e. The quantitative estimate of drug-likeness (QED) is 0.930. The first-order valence-corrected chi connectivity index (χ1v) is 8.87. The van der Waals surface area contributed by atoms with E-state index in [0.717, 1.165) is 24.0 Å². The Hall–Kier alpha value is -0.940. The molecule has 0 amide bonds. The lowest BCUT2D eigenvalue weighted by Crippen LogP contribution is -2.40. The lowest BCUT2D eigenvalue weighted by molar-refractivity contribution is 0.452. The van der Waals surface area contributed by atoms with Crippen molar-refractivity contribution in [1.82, 2.24) is 5.32 Å². The highest BCUT2D eigenvalue weighted by Crippen LogP contribution is 2.31. The van der Waals surface area contributed by atoms with Crippen LogP contribution in [0.5, 0.6) is 0 Å². The Morgan fingerprint density at radius 1 is 1.35 bits per heavy atom. The number of benzene rings is 1. The van der Waals surface area contributed by atoms with Crippen LogP contribution < -0.4 is 5.32 Å².